The van der Waals surface area contributed by atoms with Crippen LogP contribution >= 0.6 is 0 Å². The Morgan fingerprint density at radius 1 is 1.46 bits per heavy atom. The minimum atomic E-state index is -0.753. The summed E-state index contributed by atoms with van der Waals surface area (Å²) in [5.41, 5.74) is 5.38. The second kappa shape index (κ2) is 3.15. The molecule has 13 heavy (non-hydrogen) atoms. The van der Waals surface area contributed by atoms with Crippen LogP contribution in [0.4, 0.5) is 4.39 Å². The minimum Gasteiger partial charge on any atom is -0.322 e. The number of rotatable bonds is 1. The zero-order valence-corrected chi connectivity index (χ0v) is 7.63. The number of nitrogens with zero attached hydrogens (tertiary/aromatic N) is 1. The monoisotopic (exact) mass is 178 g/mol. The fourth-order valence-corrected chi connectivity index (χ4v) is 1.12. The van der Waals surface area contributed by atoms with Gasteiger partial charge in [-0.15, -0.1) is 0 Å². The number of nitrogens with two attached hydrogens (primary N) is 1. The van der Waals surface area contributed by atoms with Crippen molar-refractivity contribution in [2.45, 2.75) is 19.4 Å². The molecule has 0 atom stereocenters. The zero-order chi connectivity index (χ0) is 10.1. The van der Waals surface area contributed by atoms with Gasteiger partial charge in [-0.2, -0.15) is 5.26 Å². The molecule has 0 spiro atoms. The molecule has 0 heterocycles. The zero-order valence-electron chi connectivity index (χ0n) is 7.63. The number of nitriles is 1. The maximum atomic E-state index is 13.5. The first-order valence-corrected chi connectivity index (χ1v) is 3.95. The van der Waals surface area contributed by atoms with Gasteiger partial charge >= 0.3 is 0 Å². The third-order valence-electron chi connectivity index (χ3n) is 1.81. The summed E-state index contributed by atoms with van der Waals surface area (Å²) in [6, 6.07) is 6.44. The van der Waals surface area contributed by atoms with E-state index >= 15 is 0 Å². The van der Waals surface area contributed by atoms with E-state index in [9.17, 15) is 4.39 Å². The van der Waals surface area contributed by atoms with E-state index in [0.717, 1.165) is 0 Å². The highest BCUT2D eigenvalue weighted by Gasteiger charge is 2.20. The van der Waals surface area contributed by atoms with E-state index in [4.69, 9.17) is 11.0 Å². The number of benzene rings is 1. The molecule has 0 saturated carbocycles. The predicted octanol–water partition coefficient (Wildman–Crippen LogP) is 1.89. The average Bonchev–Trinajstić information content (AvgIpc) is 2.02. The van der Waals surface area contributed by atoms with Crippen molar-refractivity contribution in [3.8, 4) is 6.07 Å². The molecule has 1 aromatic carbocycles. The van der Waals surface area contributed by atoms with E-state index in [1.165, 1.54) is 6.07 Å². The Kier molecular flexibility index (Phi) is 2.35. The van der Waals surface area contributed by atoms with Gasteiger partial charge in [0.15, 0.2) is 0 Å². The normalized spacial score (nSPS) is 11.0. The van der Waals surface area contributed by atoms with Crippen LogP contribution in [0.15, 0.2) is 18.2 Å². The maximum absolute atomic E-state index is 13.5. The van der Waals surface area contributed by atoms with Crippen LogP contribution in [0.3, 0.4) is 0 Å². The lowest BCUT2D eigenvalue weighted by Gasteiger charge is -2.19. The van der Waals surface area contributed by atoms with Crippen molar-refractivity contribution in [1.82, 2.24) is 0 Å². The maximum Gasteiger partial charge on any atom is 0.145 e. The van der Waals surface area contributed by atoms with Gasteiger partial charge in [-0.05, 0) is 19.9 Å². The van der Waals surface area contributed by atoms with E-state index < -0.39 is 11.4 Å². The Morgan fingerprint density at radius 3 is 2.54 bits per heavy atom. The van der Waals surface area contributed by atoms with E-state index in [2.05, 4.69) is 0 Å². The lowest BCUT2D eigenvalue weighted by molar-refractivity contribution is 0.500. The van der Waals surface area contributed by atoms with E-state index in [-0.39, 0.29) is 5.56 Å². The van der Waals surface area contributed by atoms with Crippen molar-refractivity contribution >= 4 is 0 Å². The summed E-state index contributed by atoms with van der Waals surface area (Å²) in [4.78, 5) is 0. The third-order valence-corrected chi connectivity index (χ3v) is 1.81. The third kappa shape index (κ3) is 1.85. The molecule has 0 aliphatic carbocycles. The van der Waals surface area contributed by atoms with Crippen LogP contribution in [-0.2, 0) is 5.54 Å². The van der Waals surface area contributed by atoms with Gasteiger partial charge in [0.2, 0.25) is 0 Å². The standard InChI is InChI=1S/C10H11FN2/c1-10(2,13)8-5-3-4-7(6-12)9(8)11/h3-5H,13H2,1-2H3. The number of hydrogen-bond donors (Lipinski definition) is 1. The van der Waals surface area contributed by atoms with E-state index in [0.29, 0.717) is 5.56 Å². The van der Waals surface area contributed by atoms with Crippen LogP contribution < -0.4 is 5.73 Å². The van der Waals surface area contributed by atoms with Gasteiger partial charge in [0.05, 0.1) is 5.56 Å². The molecule has 3 heteroatoms. The Balaban J connectivity index is 3.34. The van der Waals surface area contributed by atoms with Crippen molar-refractivity contribution < 1.29 is 4.39 Å². The molecule has 2 nitrogen and oxygen atoms in total. The van der Waals surface area contributed by atoms with Gasteiger partial charge in [-0.25, -0.2) is 4.39 Å². The Bertz CT molecular complexity index is 358. The minimum absolute atomic E-state index is 0.0380. The largest absolute Gasteiger partial charge is 0.322 e. The first-order valence-electron chi connectivity index (χ1n) is 3.95. The smallest absolute Gasteiger partial charge is 0.145 e. The molecule has 0 fully saturated rings. The Labute approximate surface area is 76.8 Å². The van der Waals surface area contributed by atoms with Crippen molar-refractivity contribution in [1.29, 1.82) is 5.26 Å². The van der Waals surface area contributed by atoms with E-state index in [1.807, 2.05) is 0 Å². The average molecular weight is 178 g/mol. The molecule has 0 aliphatic rings. The van der Waals surface area contributed by atoms with Crippen LogP contribution in [0.1, 0.15) is 25.0 Å². The molecule has 68 valence electrons. The molecule has 0 aliphatic heterocycles. The molecule has 0 bridgehead atoms. The van der Waals surface area contributed by atoms with Crippen LogP contribution in [0.25, 0.3) is 0 Å². The van der Waals surface area contributed by atoms with Gasteiger partial charge in [0.1, 0.15) is 11.9 Å². The Morgan fingerprint density at radius 2 is 2.08 bits per heavy atom. The molecule has 2 N–H and O–H groups in total. The van der Waals surface area contributed by atoms with E-state index in [1.54, 1.807) is 32.0 Å². The fourth-order valence-electron chi connectivity index (χ4n) is 1.12. The molecule has 0 radical (unpaired) electrons. The molecule has 0 saturated heterocycles. The van der Waals surface area contributed by atoms with Crippen LogP contribution in [-0.4, -0.2) is 0 Å². The number of halogens is 1. The molecule has 0 amide bonds. The van der Waals surface area contributed by atoms with Gasteiger partial charge in [0, 0.05) is 11.1 Å². The second-order valence-electron chi connectivity index (χ2n) is 3.50. The van der Waals surface area contributed by atoms with Gasteiger partial charge in [-0.3, -0.25) is 0 Å². The van der Waals surface area contributed by atoms with Crippen LogP contribution in [0, 0.1) is 17.1 Å². The highest BCUT2D eigenvalue weighted by atomic mass is 19.1. The van der Waals surface area contributed by atoms with Crippen LogP contribution in [0.5, 0.6) is 0 Å². The predicted molar refractivity (Wildman–Crippen MR) is 48.3 cm³/mol. The SMILES string of the molecule is CC(C)(N)c1cccc(C#N)c1F. The first-order chi connectivity index (χ1) is 5.96. The lowest BCUT2D eigenvalue weighted by atomic mass is 9.93. The van der Waals surface area contributed by atoms with Crippen molar-refractivity contribution in [2.75, 3.05) is 0 Å². The summed E-state index contributed by atoms with van der Waals surface area (Å²) in [6.07, 6.45) is 0. The van der Waals surface area contributed by atoms with Gasteiger partial charge in [-0.1, -0.05) is 12.1 Å². The molecular formula is C10H11FN2. The highest BCUT2D eigenvalue weighted by molar-refractivity contribution is 5.37. The van der Waals surface area contributed by atoms with Gasteiger partial charge in [0.25, 0.3) is 0 Å². The quantitative estimate of drug-likeness (QED) is 0.713. The first kappa shape index (κ1) is 9.69. The summed E-state index contributed by atoms with van der Waals surface area (Å²) in [5, 5.41) is 8.58. The summed E-state index contributed by atoms with van der Waals surface area (Å²) in [5.74, 6) is -0.516. The summed E-state index contributed by atoms with van der Waals surface area (Å²) >= 11 is 0. The summed E-state index contributed by atoms with van der Waals surface area (Å²) in [7, 11) is 0. The van der Waals surface area contributed by atoms with Crippen molar-refractivity contribution in [3.63, 3.8) is 0 Å². The fraction of sp³-hybridized carbons (Fsp3) is 0.300. The molecular weight excluding hydrogens is 167 g/mol. The summed E-state index contributed by atoms with van der Waals surface area (Å²) < 4.78 is 13.5. The molecule has 1 aromatic rings. The lowest BCUT2D eigenvalue weighted by Crippen LogP contribution is -2.30. The second-order valence-corrected chi connectivity index (χ2v) is 3.50. The van der Waals surface area contributed by atoms with Crippen molar-refractivity contribution in [2.24, 2.45) is 5.73 Å². The number of hydrogen-bond acceptors (Lipinski definition) is 2. The highest BCUT2D eigenvalue weighted by Crippen LogP contribution is 2.22. The van der Waals surface area contributed by atoms with Crippen LogP contribution in [0.2, 0.25) is 0 Å². The van der Waals surface area contributed by atoms with Crippen molar-refractivity contribution in [3.05, 3.63) is 35.1 Å². The van der Waals surface area contributed by atoms with Gasteiger partial charge < -0.3 is 5.73 Å². The molecule has 0 aromatic heterocycles. The summed E-state index contributed by atoms with van der Waals surface area (Å²) in [6.45, 7) is 3.40. The molecule has 1 rings (SSSR count). The molecule has 0 unspecified atom stereocenters. The topological polar surface area (TPSA) is 49.8 Å². The Hall–Kier alpha value is -1.40.